The molecule has 1 amide bonds. The van der Waals surface area contributed by atoms with Gasteiger partial charge in [-0.15, -0.1) is 11.3 Å². The molecule has 0 bridgehead atoms. The van der Waals surface area contributed by atoms with Crippen LogP contribution in [0.25, 0.3) is 0 Å². The molecule has 0 spiro atoms. The highest BCUT2D eigenvalue weighted by atomic mass is 32.1. The van der Waals surface area contributed by atoms with Crippen LogP contribution < -0.4 is 0 Å². The predicted molar refractivity (Wildman–Crippen MR) is 83.2 cm³/mol. The minimum Gasteiger partial charge on any atom is -0.335 e. The average Bonchev–Trinajstić information content (AvgIpc) is 3.01. The first-order chi connectivity index (χ1) is 9.74. The molecular formula is C16H24N2OS. The van der Waals surface area contributed by atoms with Crippen LogP contribution in [0.2, 0.25) is 0 Å². The monoisotopic (exact) mass is 292 g/mol. The normalized spacial score (nSPS) is 28.6. The molecule has 2 aliphatic rings. The molecule has 2 unspecified atom stereocenters. The summed E-state index contributed by atoms with van der Waals surface area (Å²) in [6.45, 7) is 6.26. The van der Waals surface area contributed by atoms with Crippen molar-refractivity contribution in [1.29, 1.82) is 0 Å². The smallest absolute Gasteiger partial charge is 0.264 e. The zero-order chi connectivity index (χ0) is 13.9. The molecule has 3 rings (SSSR count). The van der Waals surface area contributed by atoms with E-state index in [1.54, 1.807) is 11.3 Å². The van der Waals surface area contributed by atoms with Crippen LogP contribution >= 0.6 is 11.3 Å². The number of carbonyl (C=O) groups is 1. The van der Waals surface area contributed by atoms with E-state index in [4.69, 9.17) is 0 Å². The van der Waals surface area contributed by atoms with Gasteiger partial charge in [-0.05, 0) is 30.2 Å². The summed E-state index contributed by atoms with van der Waals surface area (Å²) in [4.78, 5) is 17.8. The topological polar surface area (TPSA) is 23.6 Å². The lowest BCUT2D eigenvalue weighted by Crippen LogP contribution is -2.52. The summed E-state index contributed by atoms with van der Waals surface area (Å²) in [5.74, 6) is 1.09. The fraction of sp³-hybridized carbons (Fsp3) is 0.688. The third-order valence-corrected chi connectivity index (χ3v) is 5.62. The Bertz CT molecular complexity index is 437. The van der Waals surface area contributed by atoms with E-state index in [2.05, 4.69) is 11.8 Å². The van der Waals surface area contributed by atoms with Gasteiger partial charge in [0.1, 0.15) is 0 Å². The van der Waals surface area contributed by atoms with Crippen LogP contribution in [0, 0.1) is 5.92 Å². The molecule has 0 N–H and O–H groups in total. The first kappa shape index (κ1) is 14.1. The Morgan fingerprint density at radius 3 is 2.70 bits per heavy atom. The quantitative estimate of drug-likeness (QED) is 0.836. The Balaban J connectivity index is 1.53. The number of carbonyl (C=O) groups excluding carboxylic acids is 1. The Hall–Kier alpha value is -0.870. The molecule has 4 heteroatoms. The second-order valence-electron chi connectivity index (χ2n) is 6.23. The van der Waals surface area contributed by atoms with Crippen LogP contribution in [-0.2, 0) is 0 Å². The maximum Gasteiger partial charge on any atom is 0.264 e. The summed E-state index contributed by atoms with van der Waals surface area (Å²) >= 11 is 1.55. The molecule has 1 saturated heterocycles. The molecule has 1 aliphatic heterocycles. The van der Waals surface area contributed by atoms with Crippen molar-refractivity contribution in [3.8, 4) is 0 Å². The minimum atomic E-state index is 0.219. The summed E-state index contributed by atoms with van der Waals surface area (Å²) in [6, 6.07) is 4.65. The summed E-state index contributed by atoms with van der Waals surface area (Å²) < 4.78 is 0. The highest BCUT2D eigenvalue weighted by Gasteiger charge is 2.29. The second-order valence-corrected chi connectivity index (χ2v) is 7.18. The van der Waals surface area contributed by atoms with Gasteiger partial charge in [-0.1, -0.05) is 25.8 Å². The molecule has 0 radical (unpaired) electrons. The van der Waals surface area contributed by atoms with Gasteiger partial charge in [0.2, 0.25) is 0 Å². The summed E-state index contributed by atoms with van der Waals surface area (Å²) in [6.07, 6.45) is 5.47. The Labute approximate surface area is 125 Å². The number of piperazine rings is 1. The number of thiophene rings is 1. The lowest BCUT2D eigenvalue weighted by molar-refractivity contribution is 0.0493. The molecule has 1 aromatic heterocycles. The second kappa shape index (κ2) is 6.27. The van der Waals surface area contributed by atoms with E-state index in [1.807, 2.05) is 22.4 Å². The molecule has 1 saturated carbocycles. The van der Waals surface area contributed by atoms with Crippen molar-refractivity contribution in [3.63, 3.8) is 0 Å². The number of nitrogens with zero attached hydrogens (tertiary/aromatic N) is 2. The SMILES string of the molecule is CC1CCCC(N2CCN(C(=O)c3cccs3)CC2)C1. The number of rotatable bonds is 2. The molecule has 2 fully saturated rings. The lowest BCUT2D eigenvalue weighted by atomic mass is 9.86. The fourth-order valence-corrected chi connectivity index (χ4v) is 4.27. The van der Waals surface area contributed by atoms with Crippen LogP contribution in [0.5, 0.6) is 0 Å². The largest absolute Gasteiger partial charge is 0.335 e. The van der Waals surface area contributed by atoms with E-state index in [9.17, 15) is 4.79 Å². The van der Waals surface area contributed by atoms with Gasteiger partial charge in [0.15, 0.2) is 0 Å². The first-order valence-corrected chi connectivity index (χ1v) is 8.69. The van der Waals surface area contributed by atoms with E-state index in [1.165, 1.54) is 25.7 Å². The van der Waals surface area contributed by atoms with Gasteiger partial charge in [-0.2, -0.15) is 0 Å². The maximum absolute atomic E-state index is 12.3. The summed E-state index contributed by atoms with van der Waals surface area (Å²) in [7, 11) is 0. The highest BCUT2D eigenvalue weighted by Crippen LogP contribution is 2.28. The van der Waals surface area contributed by atoms with Gasteiger partial charge in [-0.25, -0.2) is 0 Å². The zero-order valence-corrected chi connectivity index (χ0v) is 13.1. The van der Waals surface area contributed by atoms with Crippen molar-refractivity contribution in [1.82, 2.24) is 9.80 Å². The zero-order valence-electron chi connectivity index (χ0n) is 12.3. The van der Waals surface area contributed by atoms with Gasteiger partial charge in [0.25, 0.3) is 5.91 Å². The van der Waals surface area contributed by atoms with E-state index in [0.29, 0.717) is 0 Å². The molecule has 0 aromatic carbocycles. The average molecular weight is 292 g/mol. The number of hydrogen-bond donors (Lipinski definition) is 0. The van der Waals surface area contributed by atoms with Gasteiger partial charge >= 0.3 is 0 Å². The molecule has 110 valence electrons. The van der Waals surface area contributed by atoms with E-state index in [-0.39, 0.29) is 5.91 Å². The van der Waals surface area contributed by atoms with E-state index >= 15 is 0 Å². The van der Waals surface area contributed by atoms with Crippen LogP contribution in [0.15, 0.2) is 17.5 Å². The number of hydrogen-bond acceptors (Lipinski definition) is 3. The molecule has 3 nitrogen and oxygen atoms in total. The molecule has 1 aliphatic carbocycles. The van der Waals surface area contributed by atoms with Crippen molar-refractivity contribution in [2.75, 3.05) is 26.2 Å². The summed E-state index contributed by atoms with van der Waals surface area (Å²) in [5.41, 5.74) is 0. The predicted octanol–water partition coefficient (Wildman–Crippen LogP) is 3.08. The first-order valence-electron chi connectivity index (χ1n) is 7.81. The van der Waals surface area contributed by atoms with Crippen LogP contribution in [0.3, 0.4) is 0 Å². The lowest BCUT2D eigenvalue weighted by Gasteiger charge is -2.41. The molecule has 20 heavy (non-hydrogen) atoms. The van der Waals surface area contributed by atoms with E-state index < -0.39 is 0 Å². The van der Waals surface area contributed by atoms with Crippen LogP contribution in [-0.4, -0.2) is 47.9 Å². The van der Waals surface area contributed by atoms with Gasteiger partial charge < -0.3 is 4.90 Å². The number of amides is 1. The third-order valence-electron chi connectivity index (χ3n) is 4.76. The van der Waals surface area contributed by atoms with Crippen molar-refractivity contribution >= 4 is 17.2 Å². The van der Waals surface area contributed by atoms with Gasteiger partial charge in [0, 0.05) is 32.2 Å². The summed E-state index contributed by atoms with van der Waals surface area (Å²) in [5, 5.41) is 1.98. The van der Waals surface area contributed by atoms with Crippen molar-refractivity contribution in [2.24, 2.45) is 5.92 Å². The Morgan fingerprint density at radius 1 is 1.25 bits per heavy atom. The Morgan fingerprint density at radius 2 is 2.05 bits per heavy atom. The maximum atomic E-state index is 12.3. The van der Waals surface area contributed by atoms with Crippen LogP contribution in [0.4, 0.5) is 0 Å². The standard InChI is InChI=1S/C16H24N2OS/c1-13-4-2-5-14(12-13)17-7-9-18(10-8-17)16(19)15-6-3-11-20-15/h3,6,11,13-14H,2,4-5,7-10,12H2,1H3. The van der Waals surface area contributed by atoms with Crippen molar-refractivity contribution in [2.45, 2.75) is 38.6 Å². The highest BCUT2D eigenvalue weighted by molar-refractivity contribution is 7.12. The van der Waals surface area contributed by atoms with Crippen LogP contribution in [0.1, 0.15) is 42.3 Å². The van der Waals surface area contributed by atoms with Gasteiger partial charge in [0.05, 0.1) is 4.88 Å². The van der Waals surface area contributed by atoms with Crippen molar-refractivity contribution < 1.29 is 4.79 Å². The third kappa shape index (κ3) is 3.07. The van der Waals surface area contributed by atoms with E-state index in [0.717, 1.165) is 43.0 Å². The van der Waals surface area contributed by atoms with Crippen molar-refractivity contribution in [3.05, 3.63) is 22.4 Å². The fourth-order valence-electron chi connectivity index (χ4n) is 3.58. The molecule has 2 atom stereocenters. The molecule has 2 heterocycles. The Kier molecular flexibility index (Phi) is 4.41. The molecular weight excluding hydrogens is 268 g/mol. The minimum absolute atomic E-state index is 0.219. The van der Waals surface area contributed by atoms with Gasteiger partial charge in [-0.3, -0.25) is 9.69 Å². The molecule has 1 aromatic rings.